The molecule has 8 nitrogen and oxygen atoms in total. The molecule has 0 saturated heterocycles. The van der Waals surface area contributed by atoms with Crippen LogP contribution in [0.5, 0.6) is 5.75 Å². The summed E-state index contributed by atoms with van der Waals surface area (Å²) < 4.78 is 7.50. The minimum Gasteiger partial charge on any atom is -0.495 e. The third kappa shape index (κ3) is 5.48. The maximum absolute atomic E-state index is 13.3. The molecule has 182 valence electrons. The highest BCUT2D eigenvalue weighted by atomic mass is 16.5. The van der Waals surface area contributed by atoms with Crippen LogP contribution in [0.25, 0.3) is 5.69 Å². The van der Waals surface area contributed by atoms with Gasteiger partial charge in [-0.1, -0.05) is 38.2 Å². The minimum absolute atomic E-state index is 0.120. The van der Waals surface area contributed by atoms with Crippen LogP contribution < -0.4 is 10.6 Å². The fourth-order valence-corrected chi connectivity index (χ4v) is 5.32. The van der Waals surface area contributed by atoms with E-state index in [1.165, 1.54) is 32.1 Å². The number of amides is 1. The van der Waals surface area contributed by atoms with Crippen LogP contribution in [0.3, 0.4) is 0 Å². The van der Waals surface area contributed by atoms with Gasteiger partial charge >= 0.3 is 0 Å². The lowest BCUT2D eigenvalue weighted by atomic mass is 9.92. The Labute approximate surface area is 201 Å². The third-order valence-corrected chi connectivity index (χ3v) is 7.02. The molecule has 1 heterocycles. The highest BCUT2D eigenvalue weighted by molar-refractivity contribution is 6.38. The van der Waals surface area contributed by atoms with Crippen molar-refractivity contribution in [1.29, 1.82) is 0 Å². The summed E-state index contributed by atoms with van der Waals surface area (Å²) in [6, 6.07) is 6.46. The van der Waals surface area contributed by atoms with Gasteiger partial charge in [0.1, 0.15) is 18.0 Å². The molecule has 0 atom stereocenters. The molecule has 2 aliphatic rings. The molecule has 1 amide bonds. The molecule has 2 saturated carbocycles. The molecule has 0 bridgehead atoms. The molecule has 4 rings (SSSR count). The van der Waals surface area contributed by atoms with Crippen LogP contribution in [-0.2, 0) is 4.79 Å². The van der Waals surface area contributed by atoms with E-state index in [1.807, 2.05) is 35.9 Å². The van der Waals surface area contributed by atoms with Crippen molar-refractivity contribution in [3.8, 4) is 11.4 Å². The summed E-state index contributed by atoms with van der Waals surface area (Å²) in [6.07, 6.45) is 15.9. The third-order valence-electron chi connectivity index (χ3n) is 7.02. The number of carbonyl (C=O) groups is 1. The first-order chi connectivity index (χ1) is 16.6. The number of aromatic nitrogens is 2. The van der Waals surface area contributed by atoms with Gasteiger partial charge in [-0.3, -0.25) is 9.79 Å². The van der Waals surface area contributed by atoms with Crippen molar-refractivity contribution in [1.82, 2.24) is 14.5 Å². The van der Waals surface area contributed by atoms with Gasteiger partial charge < -0.3 is 20.0 Å². The topological polar surface area (TPSA) is 98.1 Å². The number of methoxy groups -OCH3 is 1. The molecular formula is C26H36N6O2. The lowest BCUT2D eigenvalue weighted by Gasteiger charge is -2.38. The van der Waals surface area contributed by atoms with Crippen molar-refractivity contribution in [3.05, 3.63) is 42.0 Å². The molecule has 1 aromatic carbocycles. The number of hydrogen-bond donors (Lipinski definition) is 1. The summed E-state index contributed by atoms with van der Waals surface area (Å²) in [5, 5.41) is 3.92. The summed E-state index contributed by atoms with van der Waals surface area (Å²) in [5.74, 6) is 6.48. The van der Waals surface area contributed by atoms with Crippen LogP contribution in [0.15, 0.2) is 40.8 Å². The molecule has 2 aliphatic carbocycles. The van der Waals surface area contributed by atoms with Crippen LogP contribution >= 0.6 is 0 Å². The van der Waals surface area contributed by atoms with E-state index in [0.717, 1.165) is 42.6 Å². The van der Waals surface area contributed by atoms with Crippen LogP contribution in [0.2, 0.25) is 0 Å². The predicted molar refractivity (Wildman–Crippen MR) is 135 cm³/mol. The van der Waals surface area contributed by atoms with E-state index >= 15 is 0 Å². The lowest BCUT2D eigenvalue weighted by Crippen LogP contribution is -2.48. The standard InChI is InChI=1S/C26H36N6O2/c1-19-17-31(18-29-19)24-13-12-20(14-25(24)34-2)23(30-27)15-28-16-26(33)32(22-10-6-7-11-22)21-8-4-3-5-9-21/h12-15,17-18,21-22H,3-11,16,27H2,1-2H3/b28-15?,30-23+. The van der Waals surface area contributed by atoms with E-state index in [1.54, 1.807) is 19.7 Å². The van der Waals surface area contributed by atoms with Crippen molar-refractivity contribution in [3.63, 3.8) is 0 Å². The Balaban J connectivity index is 1.46. The van der Waals surface area contributed by atoms with E-state index < -0.39 is 0 Å². The molecular weight excluding hydrogens is 428 g/mol. The van der Waals surface area contributed by atoms with E-state index in [9.17, 15) is 4.79 Å². The number of imidazole rings is 1. The fraction of sp³-hybridized carbons (Fsp3) is 0.538. The van der Waals surface area contributed by atoms with Crippen LogP contribution in [0, 0.1) is 6.92 Å². The zero-order valence-electron chi connectivity index (χ0n) is 20.3. The number of aryl methyl sites for hydroxylation is 1. The van der Waals surface area contributed by atoms with Crippen LogP contribution in [0.4, 0.5) is 0 Å². The van der Waals surface area contributed by atoms with Gasteiger partial charge in [0.25, 0.3) is 0 Å². The Hall–Kier alpha value is -3.16. The first kappa shape index (κ1) is 24.0. The molecule has 8 heteroatoms. The van der Waals surface area contributed by atoms with Crippen LogP contribution in [0.1, 0.15) is 69.0 Å². The summed E-state index contributed by atoms with van der Waals surface area (Å²) in [7, 11) is 1.63. The molecule has 0 aliphatic heterocycles. The number of nitrogens with zero attached hydrogens (tertiary/aromatic N) is 5. The molecule has 1 aromatic heterocycles. The molecule has 2 fully saturated rings. The molecule has 34 heavy (non-hydrogen) atoms. The number of rotatable bonds is 8. The minimum atomic E-state index is 0.120. The second-order valence-corrected chi connectivity index (χ2v) is 9.32. The van der Waals surface area contributed by atoms with Crippen LogP contribution in [-0.4, -0.2) is 58.0 Å². The summed E-state index contributed by atoms with van der Waals surface area (Å²) in [4.78, 5) is 24.2. The van der Waals surface area contributed by atoms with E-state index in [0.29, 0.717) is 23.5 Å². The first-order valence-electron chi connectivity index (χ1n) is 12.4. The van der Waals surface area contributed by atoms with Crippen molar-refractivity contribution >= 4 is 17.8 Å². The number of carbonyl (C=O) groups excluding carboxylic acids is 1. The van der Waals surface area contributed by atoms with Gasteiger partial charge in [-0.15, -0.1) is 0 Å². The van der Waals surface area contributed by atoms with Gasteiger partial charge in [0.2, 0.25) is 5.91 Å². The Morgan fingerprint density at radius 3 is 2.44 bits per heavy atom. The van der Waals surface area contributed by atoms with Crippen molar-refractivity contribution in [2.24, 2.45) is 15.9 Å². The average molecular weight is 465 g/mol. The first-order valence-corrected chi connectivity index (χ1v) is 12.4. The molecule has 0 spiro atoms. The maximum Gasteiger partial charge on any atom is 0.244 e. The highest BCUT2D eigenvalue weighted by Gasteiger charge is 2.32. The smallest absolute Gasteiger partial charge is 0.244 e. The second kappa shape index (κ2) is 11.3. The summed E-state index contributed by atoms with van der Waals surface area (Å²) >= 11 is 0. The fourth-order valence-electron chi connectivity index (χ4n) is 5.32. The number of ether oxygens (including phenoxy) is 1. The quantitative estimate of drug-likeness (QED) is 0.362. The number of hydrazone groups is 1. The predicted octanol–water partition coefficient (Wildman–Crippen LogP) is 4.03. The van der Waals surface area contributed by atoms with Gasteiger partial charge in [-0.2, -0.15) is 5.10 Å². The monoisotopic (exact) mass is 464 g/mol. The summed E-state index contributed by atoms with van der Waals surface area (Å²) in [5.41, 5.74) is 3.07. The van der Waals surface area contributed by atoms with Crippen molar-refractivity contribution in [2.75, 3.05) is 13.7 Å². The number of nitrogens with two attached hydrogens (primary N) is 1. The highest BCUT2D eigenvalue weighted by Crippen LogP contribution is 2.31. The van der Waals surface area contributed by atoms with Crippen molar-refractivity contribution in [2.45, 2.75) is 76.8 Å². The number of benzene rings is 1. The zero-order chi connectivity index (χ0) is 23.9. The van der Waals surface area contributed by atoms with E-state index in [4.69, 9.17) is 10.6 Å². The lowest BCUT2D eigenvalue weighted by molar-refractivity contribution is -0.135. The Bertz CT molecular complexity index is 1030. The summed E-state index contributed by atoms with van der Waals surface area (Å²) in [6.45, 7) is 2.06. The number of aliphatic imine (C=N–C) groups is 1. The molecule has 0 radical (unpaired) electrons. The Kier molecular flexibility index (Phi) is 7.98. The van der Waals surface area contributed by atoms with Crippen molar-refractivity contribution < 1.29 is 9.53 Å². The second-order valence-electron chi connectivity index (χ2n) is 9.32. The van der Waals surface area contributed by atoms with Gasteiger partial charge in [0.05, 0.1) is 24.8 Å². The Morgan fingerprint density at radius 2 is 1.85 bits per heavy atom. The normalized spacial score (nSPS) is 18.0. The van der Waals surface area contributed by atoms with E-state index in [2.05, 4.69) is 20.0 Å². The van der Waals surface area contributed by atoms with Gasteiger partial charge in [0.15, 0.2) is 0 Å². The van der Waals surface area contributed by atoms with E-state index in [-0.39, 0.29) is 12.5 Å². The maximum atomic E-state index is 13.3. The SMILES string of the molecule is COc1cc(/C(C=NCC(=O)N(C2CCCCC2)C2CCCC2)=N/N)ccc1-n1cnc(C)c1. The largest absolute Gasteiger partial charge is 0.495 e. The molecule has 0 unspecified atom stereocenters. The zero-order valence-corrected chi connectivity index (χ0v) is 20.3. The Morgan fingerprint density at radius 1 is 1.18 bits per heavy atom. The van der Waals surface area contributed by atoms with Gasteiger partial charge in [-0.25, -0.2) is 4.98 Å². The van der Waals surface area contributed by atoms with Gasteiger partial charge in [-0.05, 0) is 44.7 Å². The number of hydrogen-bond acceptors (Lipinski definition) is 6. The van der Waals surface area contributed by atoms with Gasteiger partial charge in [0, 0.05) is 30.1 Å². The molecule has 2 N–H and O–H groups in total. The average Bonchev–Trinajstić information content (AvgIpc) is 3.54. The molecule has 2 aromatic rings.